The van der Waals surface area contributed by atoms with E-state index >= 15 is 0 Å². The summed E-state index contributed by atoms with van der Waals surface area (Å²) >= 11 is 0. The molecule has 2 aromatic carbocycles. The molecule has 0 spiro atoms. The van der Waals surface area contributed by atoms with Crippen LogP contribution in [0.4, 0.5) is 5.69 Å². The average molecular weight is 434 g/mol. The van der Waals surface area contributed by atoms with Crippen LogP contribution in [-0.4, -0.2) is 54.5 Å². The molecule has 9 nitrogen and oxygen atoms in total. The highest BCUT2D eigenvalue weighted by Crippen LogP contribution is 2.23. The molecule has 0 radical (unpaired) electrons. The minimum Gasteiger partial charge on any atom is -0.468 e. The van der Waals surface area contributed by atoms with E-state index in [1.165, 1.54) is 13.0 Å². The van der Waals surface area contributed by atoms with Crippen molar-refractivity contribution in [3.8, 4) is 0 Å². The Bertz CT molecular complexity index is 1000. The lowest BCUT2D eigenvalue weighted by Crippen LogP contribution is -2.51. The summed E-state index contributed by atoms with van der Waals surface area (Å²) in [5.74, 6) is -0.927. The van der Waals surface area contributed by atoms with Gasteiger partial charge >= 0.3 is 5.97 Å². The SMILES string of the molecule is COC(=O)[C@H]([C@@H](C)O)N(C/C=C/c1ccccc1)S(=O)(=O)c1ccc([N+](=O)[O-])cc1. The Kier molecular flexibility index (Phi) is 7.81. The highest BCUT2D eigenvalue weighted by atomic mass is 32.2. The zero-order valence-electron chi connectivity index (χ0n) is 16.4. The number of benzene rings is 2. The summed E-state index contributed by atoms with van der Waals surface area (Å²) in [5, 5.41) is 20.9. The van der Waals surface area contributed by atoms with Gasteiger partial charge in [-0.15, -0.1) is 0 Å². The van der Waals surface area contributed by atoms with Crippen molar-refractivity contribution < 1.29 is 28.0 Å². The summed E-state index contributed by atoms with van der Waals surface area (Å²) in [4.78, 5) is 22.2. The van der Waals surface area contributed by atoms with E-state index in [9.17, 15) is 28.4 Å². The number of rotatable bonds is 9. The van der Waals surface area contributed by atoms with Gasteiger partial charge < -0.3 is 9.84 Å². The molecule has 0 fully saturated rings. The van der Waals surface area contributed by atoms with Crippen LogP contribution < -0.4 is 0 Å². The number of nitrogens with zero attached hydrogens (tertiary/aromatic N) is 2. The molecule has 1 N–H and O–H groups in total. The zero-order valence-corrected chi connectivity index (χ0v) is 17.2. The van der Waals surface area contributed by atoms with Gasteiger partial charge in [0.2, 0.25) is 10.0 Å². The first kappa shape index (κ1) is 23.2. The number of aliphatic hydroxyl groups excluding tert-OH is 1. The number of methoxy groups -OCH3 is 1. The quantitative estimate of drug-likeness (QED) is 0.364. The smallest absolute Gasteiger partial charge is 0.326 e. The van der Waals surface area contributed by atoms with Gasteiger partial charge in [0, 0.05) is 18.7 Å². The third kappa shape index (κ3) is 5.50. The van der Waals surface area contributed by atoms with Crippen molar-refractivity contribution in [3.05, 3.63) is 76.4 Å². The molecular weight excluding hydrogens is 412 g/mol. The lowest BCUT2D eigenvalue weighted by molar-refractivity contribution is -0.384. The van der Waals surface area contributed by atoms with Crippen LogP contribution in [-0.2, 0) is 19.6 Å². The number of non-ortho nitro benzene ring substituents is 1. The second-order valence-corrected chi connectivity index (χ2v) is 8.24. The van der Waals surface area contributed by atoms with Crippen molar-refractivity contribution in [2.75, 3.05) is 13.7 Å². The molecule has 10 heteroatoms. The van der Waals surface area contributed by atoms with E-state index in [0.717, 1.165) is 41.2 Å². The Balaban J connectivity index is 2.45. The summed E-state index contributed by atoms with van der Waals surface area (Å²) in [6.07, 6.45) is 1.85. The maximum atomic E-state index is 13.2. The number of carbonyl (C=O) groups excluding carboxylic acids is 1. The minimum absolute atomic E-state index is 0.237. The van der Waals surface area contributed by atoms with Crippen molar-refractivity contribution >= 4 is 27.8 Å². The van der Waals surface area contributed by atoms with Crippen molar-refractivity contribution in [2.24, 2.45) is 0 Å². The van der Waals surface area contributed by atoms with Crippen LogP contribution >= 0.6 is 0 Å². The summed E-state index contributed by atoms with van der Waals surface area (Å²) in [5.41, 5.74) is 0.543. The predicted molar refractivity (Wildman–Crippen MR) is 110 cm³/mol. The number of ether oxygens (including phenoxy) is 1. The Morgan fingerprint density at radius 2 is 1.80 bits per heavy atom. The van der Waals surface area contributed by atoms with Crippen LogP contribution in [0, 0.1) is 10.1 Å². The van der Waals surface area contributed by atoms with Crippen molar-refractivity contribution in [1.29, 1.82) is 0 Å². The van der Waals surface area contributed by atoms with Crippen molar-refractivity contribution in [2.45, 2.75) is 24.0 Å². The standard InChI is InChI=1S/C20H22N2O7S/c1-15(23)19(20(24)29-2)21(14-6-9-16-7-4-3-5-8-16)30(27,28)18-12-10-17(11-13-18)22(25)26/h3-13,15,19,23H,14H2,1-2H3/b9-6+/t15-,19+/m1/s1. The molecule has 30 heavy (non-hydrogen) atoms. The molecule has 0 bridgehead atoms. The molecule has 0 unspecified atom stereocenters. The summed E-state index contributed by atoms with van der Waals surface area (Å²) < 4.78 is 31.9. The molecule has 2 rings (SSSR count). The van der Waals surface area contributed by atoms with Gasteiger partial charge in [0.05, 0.1) is 23.0 Å². The highest BCUT2D eigenvalue weighted by Gasteiger charge is 2.39. The van der Waals surface area contributed by atoms with Gasteiger partial charge in [0.15, 0.2) is 0 Å². The Hall–Kier alpha value is -3.08. The first-order valence-electron chi connectivity index (χ1n) is 8.92. The molecule has 0 saturated carbocycles. The fraction of sp³-hybridized carbons (Fsp3) is 0.250. The zero-order chi connectivity index (χ0) is 22.3. The summed E-state index contributed by atoms with van der Waals surface area (Å²) in [6.45, 7) is 1.04. The number of hydrogen-bond acceptors (Lipinski definition) is 7. The van der Waals surface area contributed by atoms with Gasteiger partial charge in [-0.05, 0) is 24.6 Å². The Morgan fingerprint density at radius 3 is 2.30 bits per heavy atom. The van der Waals surface area contributed by atoms with Gasteiger partial charge in [0.25, 0.3) is 5.69 Å². The molecule has 2 atom stereocenters. The van der Waals surface area contributed by atoms with E-state index in [4.69, 9.17) is 0 Å². The molecule has 0 aromatic heterocycles. The molecule has 160 valence electrons. The van der Waals surface area contributed by atoms with Crippen LogP contribution in [0.15, 0.2) is 65.6 Å². The number of hydrogen-bond donors (Lipinski definition) is 1. The molecule has 0 aliphatic heterocycles. The van der Waals surface area contributed by atoms with Crippen molar-refractivity contribution in [3.63, 3.8) is 0 Å². The van der Waals surface area contributed by atoms with E-state index in [1.54, 1.807) is 6.08 Å². The van der Waals surface area contributed by atoms with Crippen LogP contribution in [0.5, 0.6) is 0 Å². The number of nitro benzene ring substituents is 1. The van der Waals surface area contributed by atoms with E-state index in [2.05, 4.69) is 4.74 Å². The van der Waals surface area contributed by atoms with E-state index in [-0.39, 0.29) is 17.1 Å². The van der Waals surface area contributed by atoms with Gasteiger partial charge in [-0.25, -0.2) is 8.42 Å². The van der Waals surface area contributed by atoms with Crippen LogP contribution in [0.3, 0.4) is 0 Å². The normalized spacial score (nSPS) is 13.9. The van der Waals surface area contributed by atoms with Crippen LogP contribution in [0.2, 0.25) is 0 Å². The molecule has 0 aliphatic carbocycles. The predicted octanol–water partition coefficient (Wildman–Crippen LogP) is 2.22. The molecule has 2 aromatic rings. The number of esters is 1. The van der Waals surface area contributed by atoms with Crippen LogP contribution in [0.25, 0.3) is 6.08 Å². The fourth-order valence-electron chi connectivity index (χ4n) is 2.77. The van der Waals surface area contributed by atoms with E-state index < -0.39 is 33.1 Å². The fourth-order valence-corrected chi connectivity index (χ4v) is 4.36. The number of aliphatic hydroxyl groups is 1. The minimum atomic E-state index is -4.30. The van der Waals surface area contributed by atoms with Gasteiger partial charge in [-0.1, -0.05) is 42.5 Å². The monoisotopic (exact) mass is 434 g/mol. The maximum absolute atomic E-state index is 13.2. The lowest BCUT2D eigenvalue weighted by atomic mass is 10.2. The van der Waals surface area contributed by atoms with E-state index in [0.29, 0.717) is 0 Å². The Morgan fingerprint density at radius 1 is 1.20 bits per heavy atom. The van der Waals surface area contributed by atoms with E-state index in [1.807, 2.05) is 30.3 Å². The first-order chi connectivity index (χ1) is 14.2. The topological polar surface area (TPSA) is 127 Å². The first-order valence-corrected chi connectivity index (χ1v) is 10.4. The number of carbonyl (C=O) groups is 1. The average Bonchev–Trinajstić information content (AvgIpc) is 2.73. The molecule has 0 heterocycles. The van der Waals surface area contributed by atoms with Crippen molar-refractivity contribution in [1.82, 2.24) is 4.31 Å². The number of sulfonamides is 1. The number of nitro groups is 1. The van der Waals surface area contributed by atoms with Gasteiger partial charge in [0.1, 0.15) is 6.04 Å². The largest absolute Gasteiger partial charge is 0.468 e. The molecular formula is C20H22N2O7S. The summed E-state index contributed by atoms with van der Waals surface area (Å²) in [7, 11) is -3.21. The second kappa shape index (κ2) is 10.1. The maximum Gasteiger partial charge on any atom is 0.326 e. The molecule has 0 saturated heterocycles. The third-order valence-electron chi connectivity index (χ3n) is 4.26. The third-order valence-corrected chi connectivity index (χ3v) is 6.12. The lowest BCUT2D eigenvalue weighted by Gasteiger charge is -2.30. The summed E-state index contributed by atoms with van der Waals surface area (Å²) in [6, 6.07) is 11.9. The Labute approximate surface area is 174 Å². The molecule has 0 amide bonds. The second-order valence-electron chi connectivity index (χ2n) is 6.35. The van der Waals surface area contributed by atoms with Gasteiger partial charge in [-0.3, -0.25) is 14.9 Å². The molecule has 0 aliphatic rings. The highest BCUT2D eigenvalue weighted by molar-refractivity contribution is 7.89. The van der Waals surface area contributed by atoms with Gasteiger partial charge in [-0.2, -0.15) is 4.31 Å². The van der Waals surface area contributed by atoms with Crippen LogP contribution in [0.1, 0.15) is 12.5 Å².